The predicted molar refractivity (Wildman–Crippen MR) is 143 cm³/mol. The smallest absolute Gasteiger partial charge is 0.336 e. The van der Waals surface area contributed by atoms with E-state index in [-0.39, 0.29) is 12.4 Å². The van der Waals surface area contributed by atoms with Crippen LogP contribution in [-0.4, -0.2) is 18.9 Å². The molecule has 3 aromatic rings. The van der Waals surface area contributed by atoms with Crippen molar-refractivity contribution >= 4 is 56.6 Å². The normalized spacial score (nSPS) is 16.5. The van der Waals surface area contributed by atoms with Gasteiger partial charge in [-0.15, -0.1) is 0 Å². The first-order chi connectivity index (χ1) is 17.3. The van der Waals surface area contributed by atoms with E-state index in [1.54, 1.807) is 18.2 Å². The number of carbonyl (C=O) groups is 2. The van der Waals surface area contributed by atoms with Crippen LogP contribution in [0.1, 0.15) is 39.9 Å². The number of Topliss-reactive ketones (excluding diaryl/α,β-unsaturated/α-hetero) is 1. The number of benzene rings is 3. The lowest BCUT2D eigenvalue weighted by Crippen LogP contribution is -2.29. The number of rotatable bonds is 5. The molecule has 0 aromatic heterocycles. The van der Waals surface area contributed by atoms with Gasteiger partial charge in [0.2, 0.25) is 0 Å². The second kappa shape index (κ2) is 9.77. The first-order valence-electron chi connectivity index (χ1n) is 11.1. The van der Waals surface area contributed by atoms with Crippen LogP contribution in [0.3, 0.4) is 0 Å². The van der Waals surface area contributed by atoms with E-state index in [4.69, 9.17) is 32.7 Å². The largest absolute Gasteiger partial charge is 0.488 e. The Morgan fingerprint density at radius 3 is 2.47 bits per heavy atom. The summed E-state index contributed by atoms with van der Waals surface area (Å²) < 4.78 is 11.8. The number of halogens is 3. The number of ketones is 1. The SMILES string of the molecule is COC(=O)C1=C(C)NC2=C(C(=O)c3ccccc32)[C@H]1c1ccc(OCc2ccc(Cl)c(Cl)c2)c(Br)c1. The summed E-state index contributed by atoms with van der Waals surface area (Å²) in [4.78, 5) is 26.4. The molecule has 0 saturated heterocycles. The Hall–Kier alpha value is -3.06. The zero-order valence-corrected chi connectivity index (χ0v) is 22.4. The summed E-state index contributed by atoms with van der Waals surface area (Å²) >= 11 is 15.7. The highest BCUT2D eigenvalue weighted by Crippen LogP contribution is 2.47. The van der Waals surface area contributed by atoms with Crippen molar-refractivity contribution in [2.24, 2.45) is 0 Å². The maximum atomic E-state index is 13.5. The molecular weight excluding hydrogens is 565 g/mol. The van der Waals surface area contributed by atoms with Gasteiger partial charge in [-0.3, -0.25) is 4.79 Å². The van der Waals surface area contributed by atoms with Gasteiger partial charge >= 0.3 is 5.97 Å². The van der Waals surface area contributed by atoms with E-state index in [0.717, 1.165) is 22.4 Å². The van der Waals surface area contributed by atoms with Gasteiger partial charge in [0.25, 0.3) is 0 Å². The summed E-state index contributed by atoms with van der Waals surface area (Å²) in [6, 6.07) is 18.3. The summed E-state index contributed by atoms with van der Waals surface area (Å²) in [5.41, 5.74) is 5.36. The Bertz CT molecular complexity index is 1490. The molecule has 1 heterocycles. The second-order valence-electron chi connectivity index (χ2n) is 8.48. The zero-order valence-electron chi connectivity index (χ0n) is 19.3. The first-order valence-corrected chi connectivity index (χ1v) is 12.7. The van der Waals surface area contributed by atoms with Gasteiger partial charge in [0, 0.05) is 28.3 Å². The van der Waals surface area contributed by atoms with Crippen molar-refractivity contribution in [1.29, 1.82) is 0 Å². The summed E-state index contributed by atoms with van der Waals surface area (Å²) in [5, 5.41) is 4.23. The molecule has 0 spiro atoms. The average Bonchev–Trinajstić information content (AvgIpc) is 3.15. The van der Waals surface area contributed by atoms with E-state index >= 15 is 0 Å². The molecule has 8 heteroatoms. The maximum absolute atomic E-state index is 13.5. The summed E-state index contributed by atoms with van der Waals surface area (Å²) in [7, 11) is 1.34. The van der Waals surface area contributed by atoms with Crippen LogP contribution in [-0.2, 0) is 16.1 Å². The molecule has 36 heavy (non-hydrogen) atoms. The molecule has 1 N–H and O–H groups in total. The predicted octanol–water partition coefficient (Wildman–Crippen LogP) is 7.08. The van der Waals surface area contributed by atoms with Crippen LogP contribution in [0.2, 0.25) is 10.0 Å². The molecule has 1 aliphatic heterocycles. The Morgan fingerprint density at radius 2 is 1.78 bits per heavy atom. The Labute approximate surface area is 226 Å². The number of nitrogens with one attached hydrogen (secondary N) is 1. The Balaban J connectivity index is 1.52. The van der Waals surface area contributed by atoms with Crippen molar-refractivity contribution in [1.82, 2.24) is 5.32 Å². The summed E-state index contributed by atoms with van der Waals surface area (Å²) in [6.45, 7) is 2.11. The second-order valence-corrected chi connectivity index (χ2v) is 10.1. The zero-order chi connectivity index (χ0) is 25.6. The topological polar surface area (TPSA) is 64.6 Å². The fourth-order valence-electron chi connectivity index (χ4n) is 4.65. The maximum Gasteiger partial charge on any atom is 0.336 e. The van der Waals surface area contributed by atoms with E-state index in [2.05, 4.69) is 21.2 Å². The van der Waals surface area contributed by atoms with Gasteiger partial charge in [-0.25, -0.2) is 4.79 Å². The third-order valence-corrected chi connectivity index (χ3v) is 7.68. The number of carbonyl (C=O) groups excluding carboxylic acids is 2. The quantitative estimate of drug-likeness (QED) is 0.325. The third kappa shape index (κ3) is 4.23. The molecule has 182 valence electrons. The number of esters is 1. The molecule has 1 atom stereocenters. The van der Waals surface area contributed by atoms with Crippen molar-refractivity contribution in [3.05, 3.63) is 114 Å². The van der Waals surface area contributed by atoms with Crippen molar-refractivity contribution in [3.63, 3.8) is 0 Å². The van der Waals surface area contributed by atoms with Gasteiger partial charge in [0.1, 0.15) is 12.4 Å². The standard InChI is InChI=1S/C28H20BrCl2NO4/c1-14-23(28(34)35-2)24(25-26(32-14)17-5-3-4-6-18(17)27(25)33)16-8-10-22(19(29)12-16)36-13-15-7-9-20(30)21(31)11-15/h3-12,24,32H,13H2,1-2H3/t24-/m0/s1. The van der Waals surface area contributed by atoms with E-state index < -0.39 is 11.9 Å². The lowest BCUT2D eigenvalue weighted by Gasteiger charge is -2.29. The summed E-state index contributed by atoms with van der Waals surface area (Å²) in [5.74, 6) is -0.595. The Kier molecular flexibility index (Phi) is 6.68. The number of methoxy groups -OCH3 is 1. The molecule has 0 amide bonds. The number of ether oxygens (including phenoxy) is 2. The van der Waals surface area contributed by atoms with Crippen LogP contribution in [0.4, 0.5) is 0 Å². The van der Waals surface area contributed by atoms with Crippen LogP contribution in [0, 0.1) is 0 Å². The van der Waals surface area contributed by atoms with Gasteiger partial charge in [0.15, 0.2) is 5.78 Å². The molecule has 3 aromatic carbocycles. The third-order valence-electron chi connectivity index (χ3n) is 6.32. The molecule has 2 aliphatic rings. The lowest BCUT2D eigenvalue weighted by molar-refractivity contribution is -0.136. The summed E-state index contributed by atoms with van der Waals surface area (Å²) in [6.07, 6.45) is 0. The monoisotopic (exact) mass is 583 g/mol. The van der Waals surface area contributed by atoms with Gasteiger partial charge in [0.05, 0.1) is 32.9 Å². The molecule has 5 rings (SSSR count). The minimum Gasteiger partial charge on any atom is -0.488 e. The molecule has 0 fully saturated rings. The minimum absolute atomic E-state index is 0.108. The van der Waals surface area contributed by atoms with Gasteiger partial charge in [-0.1, -0.05) is 59.6 Å². The molecule has 0 radical (unpaired) electrons. The molecule has 0 saturated carbocycles. The van der Waals surface area contributed by atoms with Crippen LogP contribution < -0.4 is 10.1 Å². The van der Waals surface area contributed by atoms with E-state index in [0.29, 0.717) is 42.7 Å². The highest BCUT2D eigenvalue weighted by atomic mass is 79.9. The average molecular weight is 585 g/mol. The van der Waals surface area contributed by atoms with Crippen LogP contribution in [0.5, 0.6) is 5.75 Å². The number of allylic oxidation sites excluding steroid dienone is 2. The molecule has 1 aliphatic carbocycles. The van der Waals surface area contributed by atoms with Crippen LogP contribution in [0.25, 0.3) is 5.70 Å². The molecule has 0 unspecified atom stereocenters. The number of hydrogen-bond acceptors (Lipinski definition) is 5. The number of hydrogen-bond donors (Lipinski definition) is 1. The van der Waals surface area contributed by atoms with Gasteiger partial charge in [-0.05, 0) is 58.2 Å². The first kappa shape index (κ1) is 24.6. The lowest BCUT2D eigenvalue weighted by atomic mass is 9.80. The van der Waals surface area contributed by atoms with Crippen molar-refractivity contribution in [2.75, 3.05) is 7.11 Å². The molecular formula is C28H20BrCl2NO4. The highest BCUT2D eigenvalue weighted by Gasteiger charge is 2.42. The van der Waals surface area contributed by atoms with Crippen molar-refractivity contribution in [2.45, 2.75) is 19.4 Å². The van der Waals surface area contributed by atoms with Crippen molar-refractivity contribution in [3.8, 4) is 5.75 Å². The van der Waals surface area contributed by atoms with Gasteiger partial charge < -0.3 is 14.8 Å². The van der Waals surface area contributed by atoms with E-state index in [1.807, 2.05) is 49.4 Å². The molecule has 0 bridgehead atoms. The fraction of sp³-hybridized carbons (Fsp3) is 0.143. The number of dihydropyridines is 1. The molecule has 5 nitrogen and oxygen atoms in total. The van der Waals surface area contributed by atoms with Crippen LogP contribution in [0.15, 0.2) is 82.0 Å². The number of fused-ring (bicyclic) bond motifs is 2. The highest BCUT2D eigenvalue weighted by molar-refractivity contribution is 9.10. The minimum atomic E-state index is -0.603. The fourth-order valence-corrected chi connectivity index (χ4v) is 5.48. The van der Waals surface area contributed by atoms with Crippen molar-refractivity contribution < 1.29 is 19.1 Å². The van der Waals surface area contributed by atoms with Crippen LogP contribution >= 0.6 is 39.1 Å². The Morgan fingerprint density at radius 1 is 1.03 bits per heavy atom. The van der Waals surface area contributed by atoms with Gasteiger partial charge in [-0.2, -0.15) is 0 Å². The van der Waals surface area contributed by atoms with E-state index in [9.17, 15) is 9.59 Å². The van der Waals surface area contributed by atoms with E-state index in [1.165, 1.54) is 7.11 Å².